The second-order valence-corrected chi connectivity index (χ2v) is 9.66. The monoisotopic (exact) mass is 395 g/mol. The molecule has 0 radical (unpaired) electrons. The maximum Gasteiger partial charge on any atom is 0.335 e. The molecule has 2 bridgehead atoms. The summed E-state index contributed by atoms with van der Waals surface area (Å²) in [6.45, 7) is 3.83. The Hall–Kier alpha value is -2.42. The Kier molecular flexibility index (Phi) is 4.33. The molecular formula is C18H21NO7S. The van der Waals surface area contributed by atoms with Crippen molar-refractivity contribution >= 4 is 33.4 Å². The maximum absolute atomic E-state index is 12.8. The van der Waals surface area contributed by atoms with Crippen LogP contribution in [0, 0.1) is 16.7 Å². The number of ketones is 1. The van der Waals surface area contributed by atoms with E-state index in [1.807, 2.05) is 13.8 Å². The molecule has 2 saturated carbocycles. The smallest absolute Gasteiger partial charge is 0.335 e. The highest BCUT2D eigenvalue weighted by molar-refractivity contribution is 7.92. The predicted octanol–water partition coefficient (Wildman–Crippen LogP) is 2.22. The molecule has 0 spiro atoms. The zero-order valence-corrected chi connectivity index (χ0v) is 15.8. The average molecular weight is 395 g/mol. The van der Waals surface area contributed by atoms with E-state index >= 15 is 0 Å². The molecule has 3 rings (SSSR count). The minimum Gasteiger partial charge on any atom is -0.478 e. The van der Waals surface area contributed by atoms with E-state index in [-0.39, 0.29) is 28.5 Å². The van der Waals surface area contributed by atoms with Crippen LogP contribution in [0.3, 0.4) is 0 Å². The van der Waals surface area contributed by atoms with Crippen molar-refractivity contribution in [3.05, 3.63) is 29.3 Å². The number of hydrogen-bond acceptors (Lipinski definition) is 5. The Bertz CT molecular complexity index is 918. The van der Waals surface area contributed by atoms with Crippen molar-refractivity contribution in [2.75, 3.05) is 10.5 Å². The fourth-order valence-electron chi connectivity index (χ4n) is 4.58. The van der Waals surface area contributed by atoms with Gasteiger partial charge >= 0.3 is 11.9 Å². The number of benzene rings is 1. The van der Waals surface area contributed by atoms with Crippen LogP contribution in [0.1, 0.15) is 53.8 Å². The van der Waals surface area contributed by atoms with Gasteiger partial charge in [-0.3, -0.25) is 9.52 Å². The Morgan fingerprint density at radius 1 is 1.15 bits per heavy atom. The number of Topliss-reactive ketones (excluding diaryl/α,β-unsaturated/α-hetero) is 1. The number of carbonyl (C=O) groups is 3. The van der Waals surface area contributed by atoms with E-state index in [4.69, 9.17) is 10.2 Å². The lowest BCUT2D eigenvalue weighted by molar-refractivity contribution is -0.128. The fourth-order valence-corrected chi connectivity index (χ4v) is 6.46. The van der Waals surface area contributed by atoms with Crippen LogP contribution >= 0.6 is 0 Å². The van der Waals surface area contributed by atoms with Crippen LogP contribution in [-0.2, 0) is 14.8 Å². The average Bonchev–Trinajstić information content (AvgIpc) is 2.87. The minimum atomic E-state index is -4.01. The number of fused-ring (bicyclic) bond motifs is 2. The molecule has 2 unspecified atom stereocenters. The molecule has 27 heavy (non-hydrogen) atoms. The summed E-state index contributed by atoms with van der Waals surface area (Å²) >= 11 is 0. The first-order valence-corrected chi connectivity index (χ1v) is 10.2. The van der Waals surface area contributed by atoms with Gasteiger partial charge in [0.15, 0.2) is 0 Å². The van der Waals surface area contributed by atoms with Gasteiger partial charge in [0.05, 0.1) is 28.0 Å². The number of carboxylic acids is 2. The van der Waals surface area contributed by atoms with Gasteiger partial charge in [-0.2, -0.15) is 0 Å². The van der Waals surface area contributed by atoms with Crippen molar-refractivity contribution in [1.29, 1.82) is 0 Å². The normalized spacial score (nSPS) is 26.1. The number of carboxylic acid groups (broad SMARTS) is 2. The highest BCUT2D eigenvalue weighted by atomic mass is 32.2. The summed E-state index contributed by atoms with van der Waals surface area (Å²) in [5.74, 6) is -3.04. The highest BCUT2D eigenvalue weighted by Crippen LogP contribution is 2.64. The molecule has 9 heteroatoms. The van der Waals surface area contributed by atoms with E-state index < -0.39 is 38.5 Å². The third-order valence-electron chi connectivity index (χ3n) is 6.28. The van der Waals surface area contributed by atoms with Crippen molar-refractivity contribution in [2.45, 2.75) is 33.1 Å². The molecule has 0 saturated heterocycles. The van der Waals surface area contributed by atoms with E-state index in [9.17, 15) is 22.8 Å². The predicted molar refractivity (Wildman–Crippen MR) is 96.3 cm³/mol. The van der Waals surface area contributed by atoms with E-state index in [1.54, 1.807) is 0 Å². The molecule has 2 atom stereocenters. The standard InChI is InChI=1S/C18H21NO7S/c1-17(2)12-3-4-18(17,14(20)8-12)9-27(25,26)19-13-6-10(15(21)22)5-11(7-13)16(23)24/h5-7,12,19H,3-4,8-9H2,1-2H3,(H,21,22)(H,23,24). The van der Waals surface area contributed by atoms with Crippen LogP contribution in [0.5, 0.6) is 0 Å². The Morgan fingerprint density at radius 3 is 2.11 bits per heavy atom. The largest absolute Gasteiger partial charge is 0.478 e. The second-order valence-electron chi connectivity index (χ2n) is 7.94. The number of sulfonamides is 1. The fraction of sp³-hybridized carbons (Fsp3) is 0.500. The molecule has 2 aliphatic carbocycles. The third kappa shape index (κ3) is 3.09. The zero-order chi connectivity index (χ0) is 20.2. The van der Waals surface area contributed by atoms with Crippen LogP contribution in [-0.4, -0.2) is 42.1 Å². The first-order valence-electron chi connectivity index (χ1n) is 8.53. The van der Waals surface area contributed by atoms with Crippen molar-refractivity contribution in [1.82, 2.24) is 0 Å². The SMILES string of the molecule is CC1(C)C2CCC1(CS(=O)(=O)Nc1cc(C(=O)O)cc(C(=O)O)c1)C(=O)C2. The lowest BCUT2D eigenvalue weighted by atomic mass is 9.70. The number of aromatic carboxylic acids is 2. The molecule has 3 N–H and O–H groups in total. The summed E-state index contributed by atoms with van der Waals surface area (Å²) < 4.78 is 27.8. The van der Waals surface area contributed by atoms with Crippen LogP contribution in [0.15, 0.2) is 18.2 Å². The topological polar surface area (TPSA) is 138 Å². The van der Waals surface area contributed by atoms with Gasteiger partial charge in [0.1, 0.15) is 5.78 Å². The van der Waals surface area contributed by atoms with Crippen molar-refractivity contribution in [3.8, 4) is 0 Å². The number of rotatable bonds is 6. The molecular weight excluding hydrogens is 374 g/mol. The van der Waals surface area contributed by atoms with Crippen LogP contribution < -0.4 is 4.72 Å². The van der Waals surface area contributed by atoms with Crippen molar-refractivity contribution in [2.24, 2.45) is 16.7 Å². The summed E-state index contributed by atoms with van der Waals surface area (Å²) in [7, 11) is -4.01. The molecule has 8 nitrogen and oxygen atoms in total. The highest BCUT2D eigenvalue weighted by Gasteiger charge is 2.65. The molecule has 2 aliphatic rings. The van der Waals surface area contributed by atoms with Crippen LogP contribution in [0.2, 0.25) is 0 Å². The Balaban J connectivity index is 1.93. The molecule has 146 valence electrons. The van der Waals surface area contributed by atoms with E-state index in [0.717, 1.165) is 24.6 Å². The first-order chi connectivity index (χ1) is 12.4. The van der Waals surface area contributed by atoms with Gasteiger partial charge in [0.25, 0.3) is 0 Å². The van der Waals surface area contributed by atoms with Gasteiger partial charge in [-0.05, 0) is 42.4 Å². The molecule has 0 amide bonds. The minimum absolute atomic E-state index is 0.0559. The van der Waals surface area contributed by atoms with Crippen molar-refractivity contribution in [3.63, 3.8) is 0 Å². The van der Waals surface area contributed by atoms with E-state index in [2.05, 4.69) is 4.72 Å². The third-order valence-corrected chi connectivity index (χ3v) is 7.70. The Morgan fingerprint density at radius 2 is 1.70 bits per heavy atom. The molecule has 0 heterocycles. The van der Waals surface area contributed by atoms with Crippen molar-refractivity contribution < 1.29 is 33.0 Å². The van der Waals surface area contributed by atoms with Gasteiger partial charge in [-0.15, -0.1) is 0 Å². The molecule has 2 fully saturated rings. The summed E-state index contributed by atoms with van der Waals surface area (Å²) in [5, 5.41) is 18.2. The number of hydrogen-bond donors (Lipinski definition) is 3. The Labute approximate surface area is 156 Å². The summed E-state index contributed by atoms with van der Waals surface area (Å²) in [5.41, 5.74) is -2.24. The van der Waals surface area contributed by atoms with Crippen LogP contribution in [0.4, 0.5) is 5.69 Å². The van der Waals surface area contributed by atoms with Gasteiger partial charge in [-0.25, -0.2) is 18.0 Å². The van der Waals surface area contributed by atoms with Gasteiger partial charge in [0, 0.05) is 6.42 Å². The van der Waals surface area contributed by atoms with Gasteiger partial charge < -0.3 is 10.2 Å². The lowest BCUT2D eigenvalue weighted by Gasteiger charge is -2.36. The molecule has 1 aromatic carbocycles. The number of anilines is 1. The molecule has 0 aromatic heterocycles. The number of nitrogens with one attached hydrogen (secondary N) is 1. The zero-order valence-electron chi connectivity index (χ0n) is 15.0. The van der Waals surface area contributed by atoms with Gasteiger partial charge in [0.2, 0.25) is 10.0 Å². The number of carbonyl (C=O) groups excluding carboxylic acids is 1. The van der Waals surface area contributed by atoms with Gasteiger partial charge in [-0.1, -0.05) is 13.8 Å². The molecule has 0 aliphatic heterocycles. The summed E-state index contributed by atoms with van der Waals surface area (Å²) in [6, 6.07) is 3.07. The summed E-state index contributed by atoms with van der Waals surface area (Å²) in [4.78, 5) is 34.9. The quantitative estimate of drug-likeness (QED) is 0.671. The van der Waals surface area contributed by atoms with E-state index in [0.29, 0.717) is 12.8 Å². The second kappa shape index (κ2) is 6.05. The maximum atomic E-state index is 12.8. The molecule has 1 aromatic rings. The first kappa shape index (κ1) is 19.3. The van der Waals surface area contributed by atoms with Crippen LogP contribution in [0.25, 0.3) is 0 Å². The lowest BCUT2D eigenvalue weighted by Crippen LogP contribution is -2.43. The van der Waals surface area contributed by atoms with E-state index in [1.165, 1.54) is 0 Å². The summed E-state index contributed by atoms with van der Waals surface area (Å²) in [6.07, 6.45) is 1.67.